The normalized spacial score (nSPS) is 13.2. The molecule has 2 heterocycles. The summed E-state index contributed by atoms with van der Waals surface area (Å²) in [4.78, 5) is 2.36. The van der Waals surface area contributed by atoms with E-state index in [2.05, 4.69) is 182 Å². The zero-order valence-electron chi connectivity index (χ0n) is 29.1. The Morgan fingerprint density at radius 3 is 1.70 bits per heavy atom. The van der Waals surface area contributed by atoms with Crippen molar-refractivity contribution in [1.29, 1.82) is 0 Å². The zero-order chi connectivity index (χ0) is 35.1. The van der Waals surface area contributed by atoms with Gasteiger partial charge in [-0.3, -0.25) is 0 Å². The quantitative estimate of drug-likeness (QED) is 0.181. The Balaban J connectivity index is 1.16. The smallest absolute Gasteiger partial charge is 0.137 e. The SMILES string of the molecule is CC1(c2cccc3oc4ccc(N(c5ccc(-c6ccccc6)cc5)c5cccc6oc7ccccc7c56)cc4c23)c2ccccc2-c2ccccc21. The molecule has 0 saturated heterocycles. The summed E-state index contributed by atoms with van der Waals surface area (Å²) in [6, 6.07) is 64.9. The monoisotopic (exact) mass is 679 g/mol. The van der Waals surface area contributed by atoms with Crippen LogP contribution in [0.15, 0.2) is 191 Å². The molecule has 2 aromatic heterocycles. The van der Waals surface area contributed by atoms with Gasteiger partial charge in [0, 0.05) is 32.9 Å². The van der Waals surface area contributed by atoms with Crippen molar-refractivity contribution in [3.05, 3.63) is 199 Å². The number of nitrogens with zero attached hydrogens (tertiary/aromatic N) is 1. The van der Waals surface area contributed by atoms with E-state index >= 15 is 0 Å². The van der Waals surface area contributed by atoms with Crippen LogP contribution in [0.2, 0.25) is 0 Å². The molecule has 0 bridgehead atoms. The lowest BCUT2D eigenvalue weighted by Crippen LogP contribution is -2.22. The maximum Gasteiger partial charge on any atom is 0.137 e. The van der Waals surface area contributed by atoms with Gasteiger partial charge in [-0.25, -0.2) is 0 Å². The summed E-state index contributed by atoms with van der Waals surface area (Å²) in [5.74, 6) is 0. The molecule has 3 nitrogen and oxygen atoms in total. The molecule has 1 aliphatic carbocycles. The van der Waals surface area contributed by atoms with E-state index in [4.69, 9.17) is 8.83 Å². The minimum absolute atomic E-state index is 0.367. The van der Waals surface area contributed by atoms with Crippen molar-refractivity contribution in [3.63, 3.8) is 0 Å². The second-order valence-corrected chi connectivity index (χ2v) is 14.2. The van der Waals surface area contributed by atoms with E-state index < -0.39 is 0 Å². The molecule has 8 aromatic carbocycles. The second kappa shape index (κ2) is 11.3. The summed E-state index contributed by atoms with van der Waals surface area (Å²) in [5.41, 5.74) is 15.1. The molecular formula is C50H33NO2. The van der Waals surface area contributed by atoms with Crippen LogP contribution in [0, 0.1) is 0 Å². The van der Waals surface area contributed by atoms with Crippen LogP contribution in [0.4, 0.5) is 17.1 Å². The molecule has 3 heteroatoms. The van der Waals surface area contributed by atoms with Gasteiger partial charge in [-0.05, 0) is 100 Å². The first-order valence-corrected chi connectivity index (χ1v) is 18.2. The van der Waals surface area contributed by atoms with Gasteiger partial charge in [0.1, 0.15) is 22.3 Å². The van der Waals surface area contributed by atoms with Gasteiger partial charge < -0.3 is 13.7 Å². The summed E-state index contributed by atoms with van der Waals surface area (Å²) in [6.07, 6.45) is 0. The highest BCUT2D eigenvalue weighted by atomic mass is 16.3. The molecule has 11 rings (SSSR count). The van der Waals surface area contributed by atoms with Crippen molar-refractivity contribution in [1.82, 2.24) is 0 Å². The fourth-order valence-electron chi connectivity index (χ4n) is 8.92. The Morgan fingerprint density at radius 1 is 0.396 bits per heavy atom. The van der Waals surface area contributed by atoms with Gasteiger partial charge in [0.15, 0.2) is 0 Å². The number of rotatable bonds is 5. The Morgan fingerprint density at radius 2 is 0.943 bits per heavy atom. The van der Waals surface area contributed by atoms with Crippen LogP contribution in [-0.4, -0.2) is 0 Å². The van der Waals surface area contributed by atoms with Crippen molar-refractivity contribution in [2.24, 2.45) is 0 Å². The molecule has 1 aliphatic rings. The van der Waals surface area contributed by atoms with Crippen molar-refractivity contribution >= 4 is 60.9 Å². The zero-order valence-corrected chi connectivity index (χ0v) is 29.1. The lowest BCUT2D eigenvalue weighted by atomic mass is 9.73. The van der Waals surface area contributed by atoms with E-state index in [1.54, 1.807) is 0 Å². The van der Waals surface area contributed by atoms with Crippen LogP contribution in [-0.2, 0) is 5.41 Å². The molecule has 0 radical (unpaired) electrons. The first-order chi connectivity index (χ1) is 26.2. The lowest BCUT2D eigenvalue weighted by molar-refractivity contribution is 0.666. The minimum atomic E-state index is -0.367. The highest BCUT2D eigenvalue weighted by Crippen LogP contribution is 2.55. The summed E-state index contributed by atoms with van der Waals surface area (Å²) >= 11 is 0. The molecule has 0 fully saturated rings. The summed E-state index contributed by atoms with van der Waals surface area (Å²) in [6.45, 7) is 2.38. The maximum absolute atomic E-state index is 6.67. The number of fused-ring (bicyclic) bond motifs is 9. The van der Waals surface area contributed by atoms with Crippen LogP contribution in [0.25, 0.3) is 66.1 Å². The van der Waals surface area contributed by atoms with Crippen LogP contribution in [0.5, 0.6) is 0 Å². The Labute approximate surface area is 307 Å². The third kappa shape index (κ3) is 4.34. The third-order valence-corrected chi connectivity index (χ3v) is 11.4. The van der Waals surface area contributed by atoms with Crippen LogP contribution in [0.3, 0.4) is 0 Å². The fourth-order valence-corrected chi connectivity index (χ4v) is 8.92. The predicted molar refractivity (Wildman–Crippen MR) is 219 cm³/mol. The molecule has 0 aliphatic heterocycles. The van der Waals surface area contributed by atoms with E-state index in [9.17, 15) is 0 Å². The number of para-hydroxylation sites is 1. The molecule has 0 spiro atoms. The van der Waals surface area contributed by atoms with E-state index in [1.807, 2.05) is 12.1 Å². The van der Waals surface area contributed by atoms with Gasteiger partial charge in [-0.15, -0.1) is 0 Å². The predicted octanol–water partition coefficient (Wildman–Crippen LogP) is 14.0. The van der Waals surface area contributed by atoms with Crippen LogP contribution < -0.4 is 4.90 Å². The number of furan rings is 2. The molecule has 0 amide bonds. The number of hydrogen-bond donors (Lipinski definition) is 0. The molecular weight excluding hydrogens is 647 g/mol. The van der Waals surface area contributed by atoms with E-state index in [-0.39, 0.29) is 5.41 Å². The third-order valence-electron chi connectivity index (χ3n) is 11.4. The van der Waals surface area contributed by atoms with Crippen molar-refractivity contribution in [2.75, 3.05) is 4.90 Å². The maximum atomic E-state index is 6.67. The van der Waals surface area contributed by atoms with Gasteiger partial charge in [0.25, 0.3) is 0 Å². The molecule has 0 saturated carbocycles. The Kier molecular flexibility index (Phi) is 6.38. The average molecular weight is 680 g/mol. The van der Waals surface area contributed by atoms with Crippen molar-refractivity contribution in [3.8, 4) is 22.3 Å². The number of benzene rings is 8. The highest BCUT2D eigenvalue weighted by molar-refractivity contribution is 6.14. The first kappa shape index (κ1) is 29.8. The molecule has 53 heavy (non-hydrogen) atoms. The summed E-state index contributed by atoms with van der Waals surface area (Å²) in [5, 5.41) is 4.41. The number of hydrogen-bond acceptors (Lipinski definition) is 3. The molecule has 10 aromatic rings. The Hall–Kier alpha value is -6.84. The van der Waals surface area contributed by atoms with E-state index in [0.717, 1.165) is 60.9 Å². The van der Waals surface area contributed by atoms with Gasteiger partial charge in [-0.1, -0.05) is 127 Å². The molecule has 250 valence electrons. The lowest BCUT2D eigenvalue weighted by Gasteiger charge is -2.29. The fraction of sp³-hybridized carbons (Fsp3) is 0.0400. The van der Waals surface area contributed by atoms with Gasteiger partial charge in [0.05, 0.1) is 11.1 Å². The van der Waals surface area contributed by atoms with E-state index in [0.29, 0.717) is 0 Å². The summed E-state index contributed by atoms with van der Waals surface area (Å²) < 4.78 is 13.1. The highest BCUT2D eigenvalue weighted by Gasteiger charge is 2.42. The molecule has 0 unspecified atom stereocenters. The van der Waals surface area contributed by atoms with Gasteiger partial charge >= 0.3 is 0 Å². The largest absolute Gasteiger partial charge is 0.456 e. The summed E-state index contributed by atoms with van der Waals surface area (Å²) in [7, 11) is 0. The van der Waals surface area contributed by atoms with Crippen LogP contribution >= 0.6 is 0 Å². The van der Waals surface area contributed by atoms with Crippen molar-refractivity contribution in [2.45, 2.75) is 12.3 Å². The van der Waals surface area contributed by atoms with E-state index in [1.165, 1.54) is 38.9 Å². The topological polar surface area (TPSA) is 29.5 Å². The Bertz CT molecular complexity index is 2980. The average Bonchev–Trinajstić information content (AvgIpc) is 3.87. The van der Waals surface area contributed by atoms with Crippen LogP contribution in [0.1, 0.15) is 23.6 Å². The standard InChI is InChI=1S/C50H33NO2/c1-50(40-18-8-5-15-36(40)37-16-6-9-19-41(37)50)42-20-11-23-46-48(42)39-31-35(29-30-45(39)53-46)51(34-27-25-33(26-28-34)32-13-3-2-4-14-32)43-21-12-24-47-49(43)38-17-7-10-22-44(38)52-47/h2-31H,1H3. The minimum Gasteiger partial charge on any atom is -0.456 e. The second-order valence-electron chi connectivity index (χ2n) is 14.2. The van der Waals surface area contributed by atoms with Gasteiger partial charge in [-0.2, -0.15) is 0 Å². The number of anilines is 3. The molecule has 0 N–H and O–H groups in total. The molecule has 0 atom stereocenters. The van der Waals surface area contributed by atoms with Crippen molar-refractivity contribution < 1.29 is 8.83 Å². The van der Waals surface area contributed by atoms with Gasteiger partial charge in [0.2, 0.25) is 0 Å². The first-order valence-electron chi connectivity index (χ1n) is 18.2.